The summed E-state index contributed by atoms with van der Waals surface area (Å²) in [6.07, 6.45) is 1.56. The summed E-state index contributed by atoms with van der Waals surface area (Å²) in [5.74, 6) is 1.12. The zero-order chi connectivity index (χ0) is 23.5. The second-order valence-corrected chi connectivity index (χ2v) is 9.17. The fourth-order valence-electron chi connectivity index (χ4n) is 3.24. The molecule has 0 aliphatic rings. The van der Waals surface area contributed by atoms with Gasteiger partial charge in [0, 0.05) is 10.0 Å². The van der Waals surface area contributed by atoms with Crippen molar-refractivity contribution in [2.24, 2.45) is 5.10 Å². The van der Waals surface area contributed by atoms with Gasteiger partial charge >= 0.3 is 0 Å². The molecule has 0 saturated carbocycles. The van der Waals surface area contributed by atoms with E-state index >= 15 is 0 Å². The van der Waals surface area contributed by atoms with Gasteiger partial charge in [-0.3, -0.25) is 4.79 Å². The fourth-order valence-corrected chi connectivity index (χ4v) is 4.38. The summed E-state index contributed by atoms with van der Waals surface area (Å²) in [5, 5.41) is 4.83. The van der Waals surface area contributed by atoms with Crippen molar-refractivity contribution >= 4 is 55.6 Å². The minimum atomic E-state index is -0.327. The zero-order valence-electron chi connectivity index (χ0n) is 17.7. The molecule has 0 bridgehead atoms. The summed E-state index contributed by atoms with van der Waals surface area (Å²) in [7, 11) is 1.53. The van der Waals surface area contributed by atoms with Gasteiger partial charge in [-0.1, -0.05) is 34.1 Å². The predicted octanol–water partition coefficient (Wildman–Crippen LogP) is 5.68. The van der Waals surface area contributed by atoms with Crippen LogP contribution in [-0.2, 0) is 6.61 Å². The monoisotopic (exact) mass is 621 g/mol. The number of hydrogen-bond donors (Lipinski definition) is 0. The van der Waals surface area contributed by atoms with Crippen LogP contribution in [0.25, 0.3) is 10.9 Å². The number of hydrogen-bond acceptors (Lipinski definition) is 5. The maximum atomic E-state index is 13.9. The SMILES string of the molecule is COc1cc(C=Nn2c(C)nc3ccc(Br)cc3c2=O)cc(I)c1OCc1ccccc1F. The van der Waals surface area contributed by atoms with Gasteiger partial charge in [-0.05, 0) is 71.5 Å². The van der Waals surface area contributed by atoms with Crippen molar-refractivity contribution in [2.75, 3.05) is 7.11 Å². The van der Waals surface area contributed by atoms with Crippen molar-refractivity contribution in [3.05, 3.63) is 95.8 Å². The number of methoxy groups -OCH3 is 1. The molecule has 1 aromatic heterocycles. The molecule has 4 rings (SSSR count). The van der Waals surface area contributed by atoms with Crippen molar-refractivity contribution in [3.8, 4) is 11.5 Å². The molecule has 33 heavy (non-hydrogen) atoms. The van der Waals surface area contributed by atoms with Gasteiger partial charge in [0.2, 0.25) is 0 Å². The molecule has 9 heteroatoms. The maximum absolute atomic E-state index is 13.9. The Labute approximate surface area is 211 Å². The van der Waals surface area contributed by atoms with Crippen LogP contribution in [0.5, 0.6) is 11.5 Å². The number of benzene rings is 3. The zero-order valence-corrected chi connectivity index (χ0v) is 21.4. The van der Waals surface area contributed by atoms with E-state index in [9.17, 15) is 9.18 Å². The molecule has 0 saturated heterocycles. The molecule has 0 N–H and O–H groups in total. The first-order chi connectivity index (χ1) is 15.9. The van der Waals surface area contributed by atoms with Gasteiger partial charge in [0.15, 0.2) is 11.5 Å². The molecule has 0 unspecified atom stereocenters. The standard InChI is InChI=1S/C24H18BrFIN3O3/c1-14-29-21-8-7-17(25)11-18(21)24(31)30(14)28-12-15-9-20(27)23(22(10-15)32-2)33-13-16-5-3-4-6-19(16)26/h3-12H,13H2,1-2H3. The Hall–Kier alpha value is -2.79. The predicted molar refractivity (Wildman–Crippen MR) is 138 cm³/mol. The first kappa shape index (κ1) is 23.4. The lowest BCUT2D eigenvalue weighted by Gasteiger charge is -2.14. The third kappa shape index (κ3) is 5.09. The summed E-state index contributed by atoms with van der Waals surface area (Å²) in [6, 6.07) is 15.4. The van der Waals surface area contributed by atoms with Gasteiger partial charge in [0.05, 0.1) is 27.8 Å². The fraction of sp³-hybridized carbons (Fsp3) is 0.125. The quantitative estimate of drug-likeness (QED) is 0.205. The van der Waals surface area contributed by atoms with Gasteiger partial charge in [0.25, 0.3) is 5.56 Å². The van der Waals surface area contributed by atoms with Crippen LogP contribution in [-0.4, -0.2) is 23.0 Å². The average Bonchev–Trinajstić information content (AvgIpc) is 2.79. The minimum Gasteiger partial charge on any atom is -0.493 e. The van der Waals surface area contributed by atoms with Crippen molar-refractivity contribution < 1.29 is 13.9 Å². The molecule has 6 nitrogen and oxygen atoms in total. The van der Waals surface area contributed by atoms with Gasteiger partial charge in [-0.25, -0.2) is 9.37 Å². The molecule has 3 aromatic carbocycles. The second-order valence-electron chi connectivity index (χ2n) is 7.10. The van der Waals surface area contributed by atoms with E-state index in [4.69, 9.17) is 9.47 Å². The highest BCUT2D eigenvalue weighted by atomic mass is 127. The lowest BCUT2D eigenvalue weighted by Crippen LogP contribution is -2.20. The molecule has 0 aliphatic carbocycles. The van der Waals surface area contributed by atoms with E-state index in [0.29, 0.717) is 39.4 Å². The van der Waals surface area contributed by atoms with Crippen molar-refractivity contribution in [3.63, 3.8) is 0 Å². The van der Waals surface area contributed by atoms with Crippen LogP contribution in [0.15, 0.2) is 69.0 Å². The largest absolute Gasteiger partial charge is 0.493 e. The van der Waals surface area contributed by atoms with E-state index in [0.717, 1.165) is 8.04 Å². The first-order valence-corrected chi connectivity index (χ1v) is 11.7. The number of rotatable bonds is 6. The number of aryl methyl sites for hydroxylation is 1. The summed E-state index contributed by atoms with van der Waals surface area (Å²) in [5.41, 5.74) is 1.50. The highest BCUT2D eigenvalue weighted by Crippen LogP contribution is 2.34. The Morgan fingerprint density at radius 2 is 2.00 bits per heavy atom. The Morgan fingerprint density at radius 1 is 1.21 bits per heavy atom. The van der Waals surface area contributed by atoms with E-state index in [-0.39, 0.29) is 18.0 Å². The van der Waals surface area contributed by atoms with E-state index in [1.807, 2.05) is 12.1 Å². The molecule has 168 valence electrons. The van der Waals surface area contributed by atoms with E-state index in [1.165, 1.54) is 17.9 Å². The number of aromatic nitrogens is 2. The number of nitrogens with zero attached hydrogens (tertiary/aromatic N) is 3. The van der Waals surface area contributed by atoms with Crippen LogP contribution in [0.2, 0.25) is 0 Å². The molecular weight excluding hydrogens is 604 g/mol. The van der Waals surface area contributed by atoms with Crippen LogP contribution in [0, 0.1) is 16.3 Å². The smallest absolute Gasteiger partial charge is 0.282 e. The average molecular weight is 622 g/mol. The number of fused-ring (bicyclic) bond motifs is 1. The molecular formula is C24H18BrFIN3O3. The number of halogens is 3. The van der Waals surface area contributed by atoms with Gasteiger partial charge in [0.1, 0.15) is 18.2 Å². The molecule has 4 aromatic rings. The minimum absolute atomic E-state index is 0.0688. The molecule has 0 radical (unpaired) electrons. The molecule has 0 spiro atoms. The molecule has 0 atom stereocenters. The summed E-state index contributed by atoms with van der Waals surface area (Å²) >= 11 is 5.51. The third-order valence-electron chi connectivity index (χ3n) is 4.87. The Kier molecular flexibility index (Phi) is 7.08. The van der Waals surface area contributed by atoms with Crippen LogP contribution in [0.1, 0.15) is 17.0 Å². The first-order valence-electron chi connectivity index (χ1n) is 9.84. The van der Waals surface area contributed by atoms with E-state index < -0.39 is 0 Å². The summed E-state index contributed by atoms with van der Waals surface area (Å²) in [4.78, 5) is 17.4. The van der Waals surface area contributed by atoms with Crippen molar-refractivity contribution in [1.29, 1.82) is 0 Å². The van der Waals surface area contributed by atoms with Crippen molar-refractivity contribution in [2.45, 2.75) is 13.5 Å². The molecule has 0 amide bonds. The lowest BCUT2D eigenvalue weighted by atomic mass is 10.2. The second kappa shape index (κ2) is 10.0. The highest BCUT2D eigenvalue weighted by molar-refractivity contribution is 14.1. The Bertz CT molecular complexity index is 1440. The van der Waals surface area contributed by atoms with Crippen LogP contribution in [0.3, 0.4) is 0 Å². The van der Waals surface area contributed by atoms with E-state index in [2.05, 4.69) is 48.6 Å². The summed E-state index contributed by atoms with van der Waals surface area (Å²) < 4.78 is 28.1. The van der Waals surface area contributed by atoms with Gasteiger partial charge in [-0.2, -0.15) is 9.78 Å². The third-order valence-corrected chi connectivity index (χ3v) is 6.17. The van der Waals surface area contributed by atoms with Gasteiger partial charge < -0.3 is 9.47 Å². The van der Waals surface area contributed by atoms with Gasteiger partial charge in [-0.15, -0.1) is 0 Å². The topological polar surface area (TPSA) is 65.7 Å². The molecule has 0 aliphatic heterocycles. The van der Waals surface area contributed by atoms with Crippen LogP contribution < -0.4 is 15.0 Å². The lowest BCUT2D eigenvalue weighted by molar-refractivity contribution is 0.277. The van der Waals surface area contributed by atoms with Crippen LogP contribution in [0.4, 0.5) is 4.39 Å². The maximum Gasteiger partial charge on any atom is 0.282 e. The molecule has 0 fully saturated rings. The highest BCUT2D eigenvalue weighted by Gasteiger charge is 2.13. The summed E-state index contributed by atoms with van der Waals surface area (Å²) in [6.45, 7) is 1.80. The van der Waals surface area contributed by atoms with Crippen LogP contribution >= 0.6 is 38.5 Å². The Morgan fingerprint density at radius 3 is 2.76 bits per heavy atom. The Balaban J connectivity index is 1.65. The van der Waals surface area contributed by atoms with Crippen molar-refractivity contribution in [1.82, 2.24) is 9.66 Å². The molecule has 1 heterocycles. The van der Waals surface area contributed by atoms with E-state index in [1.54, 1.807) is 49.5 Å². The normalized spacial score (nSPS) is 11.3. The number of ether oxygens (including phenoxy) is 2.